The summed E-state index contributed by atoms with van der Waals surface area (Å²) in [6.45, 7) is 2.20. The molecule has 0 saturated heterocycles. The maximum atomic E-state index is 11.7. The van der Waals surface area contributed by atoms with Gasteiger partial charge in [0.15, 0.2) is 0 Å². The van der Waals surface area contributed by atoms with Crippen LogP contribution in [0.15, 0.2) is 30.5 Å². The maximum Gasteiger partial charge on any atom is 0.356 e. The minimum atomic E-state index is -0.283. The van der Waals surface area contributed by atoms with Gasteiger partial charge >= 0.3 is 5.97 Å². The fraction of sp³-hybridized carbons (Fsp3) is 0.154. The zero-order valence-electron chi connectivity index (χ0n) is 9.32. The summed E-state index contributed by atoms with van der Waals surface area (Å²) in [6.07, 6.45) is 1.88. The first-order valence-corrected chi connectivity index (χ1v) is 6.28. The summed E-state index contributed by atoms with van der Waals surface area (Å²) in [5.41, 5.74) is 0.558. The Morgan fingerprint density at radius 2 is 2.18 bits per heavy atom. The fourth-order valence-corrected chi connectivity index (χ4v) is 3.14. The molecule has 0 atom stereocenters. The lowest BCUT2D eigenvalue weighted by Crippen LogP contribution is -2.04. The van der Waals surface area contributed by atoms with Gasteiger partial charge < -0.3 is 9.72 Å². The highest BCUT2D eigenvalue weighted by Gasteiger charge is 2.16. The van der Waals surface area contributed by atoms with E-state index in [-0.39, 0.29) is 5.97 Å². The van der Waals surface area contributed by atoms with Gasteiger partial charge in [0.25, 0.3) is 0 Å². The zero-order chi connectivity index (χ0) is 11.8. The number of carbonyl (C=O) groups excluding carboxylic acids is 1. The molecule has 1 N–H and O–H groups in total. The molecule has 86 valence electrons. The second kappa shape index (κ2) is 3.89. The highest BCUT2D eigenvalue weighted by Crippen LogP contribution is 2.35. The van der Waals surface area contributed by atoms with Crippen LogP contribution in [-0.4, -0.2) is 17.6 Å². The third kappa shape index (κ3) is 1.52. The molecule has 3 rings (SSSR count). The van der Waals surface area contributed by atoms with Crippen molar-refractivity contribution in [1.82, 2.24) is 4.98 Å². The van der Waals surface area contributed by atoms with E-state index >= 15 is 0 Å². The Hall–Kier alpha value is -1.81. The lowest BCUT2D eigenvalue weighted by atomic mass is 10.2. The van der Waals surface area contributed by atoms with E-state index in [4.69, 9.17) is 4.74 Å². The normalized spacial score (nSPS) is 11.1. The maximum absolute atomic E-state index is 11.7. The number of rotatable bonds is 2. The summed E-state index contributed by atoms with van der Waals surface area (Å²) < 4.78 is 7.20. The van der Waals surface area contributed by atoms with E-state index in [1.54, 1.807) is 11.3 Å². The predicted octanol–water partition coefficient (Wildman–Crippen LogP) is 3.56. The van der Waals surface area contributed by atoms with Gasteiger partial charge in [-0.15, -0.1) is 11.3 Å². The van der Waals surface area contributed by atoms with Crippen LogP contribution in [-0.2, 0) is 4.74 Å². The van der Waals surface area contributed by atoms with E-state index in [9.17, 15) is 4.79 Å². The second-order valence-electron chi connectivity index (χ2n) is 3.73. The lowest BCUT2D eigenvalue weighted by Gasteiger charge is -1.97. The van der Waals surface area contributed by atoms with Crippen molar-refractivity contribution in [3.8, 4) is 0 Å². The van der Waals surface area contributed by atoms with E-state index in [1.807, 2.05) is 25.3 Å². The SMILES string of the molecule is CCOC(=O)c1[nH]cc2c1sc1ccccc12. The van der Waals surface area contributed by atoms with Crippen molar-refractivity contribution in [1.29, 1.82) is 0 Å². The van der Waals surface area contributed by atoms with E-state index in [1.165, 1.54) is 10.1 Å². The molecule has 2 aromatic heterocycles. The van der Waals surface area contributed by atoms with Crippen LogP contribution in [0.2, 0.25) is 0 Å². The van der Waals surface area contributed by atoms with Gasteiger partial charge in [0.1, 0.15) is 5.69 Å². The predicted molar refractivity (Wildman–Crippen MR) is 69.6 cm³/mol. The standard InChI is InChI=1S/C13H11NO2S/c1-2-16-13(15)11-12-9(7-14-11)8-5-3-4-6-10(8)17-12/h3-7,14H,2H2,1H3. The molecule has 0 bridgehead atoms. The highest BCUT2D eigenvalue weighted by atomic mass is 32.1. The van der Waals surface area contributed by atoms with Crippen molar-refractivity contribution in [3.63, 3.8) is 0 Å². The molecule has 0 aliphatic rings. The molecule has 0 aliphatic carbocycles. The Morgan fingerprint density at radius 1 is 1.35 bits per heavy atom. The van der Waals surface area contributed by atoms with Crippen LogP contribution >= 0.6 is 11.3 Å². The van der Waals surface area contributed by atoms with Gasteiger partial charge in [-0.2, -0.15) is 0 Å². The number of aromatic amines is 1. The average Bonchev–Trinajstić information content (AvgIpc) is 2.87. The largest absolute Gasteiger partial charge is 0.461 e. The molecule has 17 heavy (non-hydrogen) atoms. The van der Waals surface area contributed by atoms with Crippen LogP contribution in [0.4, 0.5) is 0 Å². The van der Waals surface area contributed by atoms with Crippen molar-refractivity contribution in [2.24, 2.45) is 0 Å². The summed E-state index contributed by atoms with van der Waals surface area (Å²) in [6, 6.07) is 8.14. The summed E-state index contributed by atoms with van der Waals surface area (Å²) in [4.78, 5) is 14.8. The minimum absolute atomic E-state index is 0.283. The van der Waals surface area contributed by atoms with Gasteiger partial charge in [-0.1, -0.05) is 18.2 Å². The molecule has 0 amide bonds. The van der Waals surface area contributed by atoms with E-state index in [0.717, 1.165) is 10.1 Å². The molecule has 1 aromatic carbocycles. The second-order valence-corrected chi connectivity index (χ2v) is 4.78. The number of hydrogen-bond donors (Lipinski definition) is 1. The number of ether oxygens (including phenoxy) is 1. The Labute approximate surface area is 102 Å². The number of hydrogen-bond acceptors (Lipinski definition) is 3. The third-order valence-electron chi connectivity index (χ3n) is 2.70. The third-order valence-corrected chi connectivity index (χ3v) is 3.91. The molecule has 0 saturated carbocycles. The molecule has 0 radical (unpaired) electrons. The fourth-order valence-electron chi connectivity index (χ4n) is 1.96. The number of thiophene rings is 1. The molecule has 0 spiro atoms. The molecule has 0 aliphatic heterocycles. The van der Waals surface area contributed by atoms with Crippen LogP contribution in [0.5, 0.6) is 0 Å². The van der Waals surface area contributed by atoms with Crippen molar-refractivity contribution in [2.75, 3.05) is 6.61 Å². The smallest absolute Gasteiger partial charge is 0.356 e. The first kappa shape index (κ1) is 10.4. The number of esters is 1. The van der Waals surface area contributed by atoms with Gasteiger partial charge in [-0.3, -0.25) is 0 Å². The molecular weight excluding hydrogens is 234 g/mol. The molecule has 0 unspecified atom stereocenters. The van der Waals surface area contributed by atoms with Crippen molar-refractivity contribution >= 4 is 37.5 Å². The zero-order valence-corrected chi connectivity index (χ0v) is 10.1. The molecule has 4 heteroatoms. The van der Waals surface area contributed by atoms with E-state index < -0.39 is 0 Å². The first-order valence-electron chi connectivity index (χ1n) is 5.47. The Bertz CT molecular complexity index is 696. The molecule has 0 fully saturated rings. The Kier molecular flexibility index (Phi) is 2.37. The minimum Gasteiger partial charge on any atom is -0.461 e. The van der Waals surface area contributed by atoms with Crippen molar-refractivity contribution in [2.45, 2.75) is 6.92 Å². The van der Waals surface area contributed by atoms with Crippen molar-refractivity contribution < 1.29 is 9.53 Å². The number of aromatic nitrogens is 1. The number of H-pyrrole nitrogens is 1. The van der Waals surface area contributed by atoms with Crippen LogP contribution in [0.3, 0.4) is 0 Å². The number of nitrogens with one attached hydrogen (secondary N) is 1. The van der Waals surface area contributed by atoms with Gasteiger partial charge in [0.2, 0.25) is 0 Å². The summed E-state index contributed by atoms with van der Waals surface area (Å²) in [5, 5.41) is 2.27. The van der Waals surface area contributed by atoms with Crippen LogP contribution in [0.25, 0.3) is 20.2 Å². The van der Waals surface area contributed by atoms with Crippen LogP contribution in [0, 0.1) is 0 Å². The van der Waals surface area contributed by atoms with Gasteiger partial charge in [-0.25, -0.2) is 4.79 Å². The number of benzene rings is 1. The van der Waals surface area contributed by atoms with E-state index in [0.29, 0.717) is 12.3 Å². The molecule has 3 aromatic rings. The van der Waals surface area contributed by atoms with E-state index in [2.05, 4.69) is 17.1 Å². The number of carbonyl (C=O) groups is 1. The van der Waals surface area contributed by atoms with Gasteiger partial charge in [-0.05, 0) is 13.0 Å². The summed E-state index contributed by atoms with van der Waals surface area (Å²) >= 11 is 1.62. The van der Waals surface area contributed by atoms with Crippen LogP contribution < -0.4 is 0 Å². The molecule has 3 nitrogen and oxygen atoms in total. The summed E-state index contributed by atoms with van der Waals surface area (Å²) in [7, 11) is 0. The van der Waals surface area contributed by atoms with Crippen molar-refractivity contribution in [3.05, 3.63) is 36.2 Å². The number of fused-ring (bicyclic) bond motifs is 3. The average molecular weight is 245 g/mol. The summed E-state index contributed by atoms with van der Waals surface area (Å²) in [5.74, 6) is -0.283. The van der Waals surface area contributed by atoms with Gasteiger partial charge in [0.05, 0.1) is 11.3 Å². The highest BCUT2D eigenvalue weighted by molar-refractivity contribution is 7.26. The van der Waals surface area contributed by atoms with Gasteiger partial charge in [0, 0.05) is 21.7 Å². The first-order chi connectivity index (χ1) is 8.31. The monoisotopic (exact) mass is 245 g/mol. The Morgan fingerprint density at radius 3 is 3.00 bits per heavy atom. The molecular formula is C13H11NO2S. The van der Waals surface area contributed by atoms with Crippen LogP contribution in [0.1, 0.15) is 17.4 Å². The quantitative estimate of drug-likeness (QED) is 0.701. The Balaban J connectivity index is 2.24. The topological polar surface area (TPSA) is 42.1 Å². The lowest BCUT2D eigenvalue weighted by molar-refractivity contribution is 0.0523. The molecule has 2 heterocycles.